The molecule has 0 radical (unpaired) electrons. The van der Waals surface area contributed by atoms with Crippen molar-refractivity contribution in [2.45, 2.75) is 44.1 Å². The minimum atomic E-state index is -0.731. The van der Waals surface area contributed by atoms with E-state index < -0.39 is 5.60 Å². The number of carbonyl (C=O) groups excluding carboxylic acids is 1. The highest BCUT2D eigenvalue weighted by Crippen LogP contribution is 2.30. The summed E-state index contributed by atoms with van der Waals surface area (Å²) in [4.78, 5) is 28.9. The molecule has 1 aromatic heterocycles. The Bertz CT molecular complexity index is 791. The predicted molar refractivity (Wildman–Crippen MR) is 93.9 cm³/mol. The van der Waals surface area contributed by atoms with Crippen LogP contribution in [0.3, 0.4) is 0 Å². The van der Waals surface area contributed by atoms with E-state index in [9.17, 15) is 14.7 Å². The SMILES string of the molecule is CN(CC1(O)CCCC1)C(=O)CCc1cc2ccccc2[nH]c1=O. The second kappa shape index (κ2) is 6.77. The number of aliphatic hydroxyl groups is 1. The fourth-order valence-electron chi connectivity index (χ4n) is 3.53. The zero-order valence-electron chi connectivity index (χ0n) is 14.0. The lowest BCUT2D eigenvalue weighted by molar-refractivity contribution is -0.133. The molecule has 1 fully saturated rings. The Labute approximate surface area is 141 Å². The van der Waals surface area contributed by atoms with Crippen LogP contribution < -0.4 is 5.56 Å². The summed E-state index contributed by atoms with van der Waals surface area (Å²) in [5.74, 6) is -0.0390. The summed E-state index contributed by atoms with van der Waals surface area (Å²) in [6.45, 7) is 0.375. The molecule has 2 N–H and O–H groups in total. The first-order chi connectivity index (χ1) is 11.5. The Morgan fingerprint density at radius 1 is 1.29 bits per heavy atom. The number of aryl methyl sites for hydroxylation is 1. The van der Waals surface area contributed by atoms with Crippen molar-refractivity contribution in [1.29, 1.82) is 0 Å². The number of para-hydroxylation sites is 1. The van der Waals surface area contributed by atoms with Crippen LogP contribution in [0.15, 0.2) is 35.1 Å². The molecule has 3 rings (SSSR count). The number of aromatic amines is 1. The second-order valence-corrected chi connectivity index (χ2v) is 6.89. The minimum Gasteiger partial charge on any atom is -0.388 e. The van der Waals surface area contributed by atoms with Gasteiger partial charge in [-0.1, -0.05) is 31.0 Å². The standard InChI is InChI=1S/C19H24N2O3/c1-21(13-19(24)10-4-5-11-19)17(22)9-8-15-12-14-6-2-3-7-16(14)20-18(15)23/h2-3,6-7,12,24H,4-5,8-11,13H2,1H3,(H,20,23). The van der Waals surface area contributed by atoms with E-state index >= 15 is 0 Å². The van der Waals surface area contributed by atoms with Crippen molar-refractivity contribution in [2.24, 2.45) is 0 Å². The van der Waals surface area contributed by atoms with Gasteiger partial charge >= 0.3 is 0 Å². The van der Waals surface area contributed by atoms with Crippen molar-refractivity contribution in [2.75, 3.05) is 13.6 Å². The van der Waals surface area contributed by atoms with Gasteiger partial charge in [-0.2, -0.15) is 0 Å². The van der Waals surface area contributed by atoms with E-state index in [4.69, 9.17) is 0 Å². The number of aromatic nitrogens is 1. The van der Waals surface area contributed by atoms with Gasteiger partial charge in [0.15, 0.2) is 0 Å². The van der Waals surface area contributed by atoms with Gasteiger partial charge in [-0.15, -0.1) is 0 Å². The minimum absolute atomic E-state index is 0.0390. The number of nitrogens with one attached hydrogen (secondary N) is 1. The number of fused-ring (bicyclic) bond motifs is 1. The first kappa shape index (κ1) is 16.7. The maximum absolute atomic E-state index is 12.3. The van der Waals surface area contributed by atoms with Crippen LogP contribution in [0.5, 0.6) is 0 Å². The average Bonchev–Trinajstić information content (AvgIpc) is 2.98. The molecule has 2 aromatic rings. The Kier molecular flexibility index (Phi) is 4.71. The number of carbonyl (C=O) groups is 1. The van der Waals surface area contributed by atoms with Crippen molar-refractivity contribution >= 4 is 16.8 Å². The summed E-state index contributed by atoms with van der Waals surface area (Å²) < 4.78 is 0. The molecule has 0 aliphatic heterocycles. The lowest BCUT2D eigenvalue weighted by Crippen LogP contribution is -2.42. The van der Waals surface area contributed by atoms with Gasteiger partial charge < -0.3 is 15.0 Å². The van der Waals surface area contributed by atoms with Gasteiger partial charge in [-0.3, -0.25) is 9.59 Å². The maximum Gasteiger partial charge on any atom is 0.251 e. The number of hydrogen-bond acceptors (Lipinski definition) is 3. The zero-order chi connectivity index (χ0) is 17.2. The molecule has 1 saturated carbocycles. The highest BCUT2D eigenvalue weighted by Gasteiger charge is 2.33. The van der Waals surface area contributed by atoms with Crippen molar-refractivity contribution in [1.82, 2.24) is 9.88 Å². The van der Waals surface area contributed by atoms with Gasteiger partial charge in [0.1, 0.15) is 0 Å². The van der Waals surface area contributed by atoms with Gasteiger partial charge in [-0.25, -0.2) is 0 Å². The lowest BCUT2D eigenvalue weighted by Gasteiger charge is -2.28. The van der Waals surface area contributed by atoms with Crippen LogP contribution in [0.2, 0.25) is 0 Å². The van der Waals surface area contributed by atoms with Gasteiger partial charge in [-0.05, 0) is 36.8 Å². The monoisotopic (exact) mass is 328 g/mol. The molecule has 0 saturated heterocycles. The van der Waals surface area contributed by atoms with Crippen LogP contribution in [-0.2, 0) is 11.2 Å². The third-order valence-electron chi connectivity index (χ3n) is 4.93. The van der Waals surface area contributed by atoms with Crippen molar-refractivity contribution in [3.8, 4) is 0 Å². The predicted octanol–water partition coefficient (Wildman–Crippen LogP) is 2.22. The first-order valence-electron chi connectivity index (χ1n) is 8.54. The zero-order valence-corrected chi connectivity index (χ0v) is 14.0. The summed E-state index contributed by atoms with van der Waals surface area (Å²) in [6.07, 6.45) is 4.23. The van der Waals surface area contributed by atoms with Crippen LogP contribution >= 0.6 is 0 Å². The Morgan fingerprint density at radius 3 is 2.75 bits per heavy atom. The molecule has 1 aliphatic carbocycles. The van der Waals surface area contributed by atoms with E-state index in [-0.39, 0.29) is 17.9 Å². The molecule has 0 spiro atoms. The van der Waals surface area contributed by atoms with Crippen molar-refractivity contribution in [3.63, 3.8) is 0 Å². The summed E-state index contributed by atoms with van der Waals surface area (Å²) >= 11 is 0. The second-order valence-electron chi connectivity index (χ2n) is 6.89. The van der Waals surface area contributed by atoms with Gasteiger partial charge in [0, 0.05) is 31.1 Å². The Morgan fingerprint density at radius 2 is 2.00 bits per heavy atom. The van der Waals surface area contributed by atoms with E-state index in [2.05, 4.69) is 4.98 Å². The van der Waals surface area contributed by atoms with Crippen LogP contribution in [0.1, 0.15) is 37.7 Å². The quantitative estimate of drug-likeness (QED) is 0.884. The summed E-state index contributed by atoms with van der Waals surface area (Å²) in [7, 11) is 1.73. The molecule has 0 atom stereocenters. The molecule has 5 heteroatoms. The third kappa shape index (κ3) is 3.67. The van der Waals surface area contributed by atoms with E-state index in [1.54, 1.807) is 11.9 Å². The summed E-state index contributed by atoms with van der Waals surface area (Å²) in [5, 5.41) is 11.4. The number of H-pyrrole nitrogens is 1. The number of rotatable bonds is 5. The van der Waals surface area contributed by atoms with E-state index in [1.807, 2.05) is 30.3 Å². The molecule has 1 amide bonds. The average molecular weight is 328 g/mol. The highest BCUT2D eigenvalue weighted by atomic mass is 16.3. The number of likely N-dealkylation sites (N-methyl/N-ethyl adjacent to an activating group) is 1. The normalized spacial score (nSPS) is 16.4. The number of amides is 1. The Balaban J connectivity index is 1.63. The Hall–Kier alpha value is -2.14. The molecule has 0 bridgehead atoms. The van der Waals surface area contributed by atoms with Crippen LogP contribution in [0.25, 0.3) is 10.9 Å². The topological polar surface area (TPSA) is 73.4 Å². The molecule has 1 aromatic carbocycles. The molecule has 5 nitrogen and oxygen atoms in total. The summed E-state index contributed by atoms with van der Waals surface area (Å²) in [6, 6.07) is 9.46. The van der Waals surface area contributed by atoms with Crippen LogP contribution in [0.4, 0.5) is 0 Å². The number of pyridine rings is 1. The number of nitrogens with zero attached hydrogens (tertiary/aromatic N) is 1. The van der Waals surface area contributed by atoms with Crippen molar-refractivity contribution < 1.29 is 9.90 Å². The van der Waals surface area contributed by atoms with E-state index in [0.29, 0.717) is 18.5 Å². The molecule has 1 heterocycles. The number of hydrogen-bond donors (Lipinski definition) is 2. The van der Waals surface area contributed by atoms with Gasteiger partial charge in [0.25, 0.3) is 5.56 Å². The smallest absolute Gasteiger partial charge is 0.251 e. The van der Waals surface area contributed by atoms with Crippen molar-refractivity contribution in [3.05, 3.63) is 46.2 Å². The van der Waals surface area contributed by atoms with E-state index in [0.717, 1.165) is 36.6 Å². The molecule has 24 heavy (non-hydrogen) atoms. The van der Waals surface area contributed by atoms with E-state index in [1.165, 1.54) is 0 Å². The fraction of sp³-hybridized carbons (Fsp3) is 0.474. The molecular weight excluding hydrogens is 304 g/mol. The third-order valence-corrected chi connectivity index (χ3v) is 4.93. The lowest BCUT2D eigenvalue weighted by atomic mass is 10.0. The van der Waals surface area contributed by atoms with Gasteiger partial charge in [0.05, 0.1) is 5.60 Å². The molecular formula is C19H24N2O3. The summed E-state index contributed by atoms with van der Waals surface area (Å²) in [5.41, 5.74) is 0.553. The number of benzene rings is 1. The first-order valence-corrected chi connectivity index (χ1v) is 8.54. The largest absolute Gasteiger partial charge is 0.388 e. The fourth-order valence-corrected chi connectivity index (χ4v) is 3.53. The van der Waals surface area contributed by atoms with Gasteiger partial charge in [0.2, 0.25) is 5.91 Å². The van der Waals surface area contributed by atoms with Crippen LogP contribution in [-0.4, -0.2) is 40.1 Å². The highest BCUT2D eigenvalue weighted by molar-refractivity contribution is 5.79. The molecule has 128 valence electrons. The maximum atomic E-state index is 12.3. The van der Waals surface area contributed by atoms with Crippen LogP contribution in [0, 0.1) is 0 Å². The molecule has 1 aliphatic rings. The molecule has 0 unspecified atom stereocenters.